The minimum atomic E-state index is -3.92. The van der Waals surface area contributed by atoms with Crippen LogP contribution in [-0.4, -0.2) is 50.5 Å². The summed E-state index contributed by atoms with van der Waals surface area (Å²) in [5, 5.41) is 2.59. The first-order valence-corrected chi connectivity index (χ1v) is 13.2. The van der Waals surface area contributed by atoms with Crippen LogP contribution in [0.4, 0.5) is 10.1 Å². The molecule has 1 unspecified atom stereocenters. The molecule has 0 aliphatic carbocycles. The van der Waals surface area contributed by atoms with Gasteiger partial charge in [-0.1, -0.05) is 62.7 Å². The number of benzene rings is 2. The van der Waals surface area contributed by atoms with Gasteiger partial charge < -0.3 is 10.2 Å². The largest absolute Gasteiger partial charge is 0.354 e. The third-order valence-corrected chi connectivity index (χ3v) is 6.57. The van der Waals surface area contributed by atoms with Gasteiger partial charge in [-0.3, -0.25) is 13.9 Å². The van der Waals surface area contributed by atoms with Crippen LogP contribution in [-0.2, 0) is 26.2 Å². The summed E-state index contributed by atoms with van der Waals surface area (Å²) in [5.74, 6) is -1.36. The molecular weight excluding hydrogens is 481 g/mol. The Hall–Kier alpha value is -2.65. The van der Waals surface area contributed by atoms with Crippen LogP contribution in [0.15, 0.2) is 48.5 Å². The summed E-state index contributed by atoms with van der Waals surface area (Å²) in [7, 11) is -3.92. The van der Waals surface area contributed by atoms with Gasteiger partial charge in [0.1, 0.15) is 18.4 Å². The van der Waals surface area contributed by atoms with Crippen molar-refractivity contribution in [2.45, 2.75) is 39.8 Å². The highest BCUT2D eigenvalue weighted by molar-refractivity contribution is 7.92. The van der Waals surface area contributed by atoms with E-state index >= 15 is 0 Å². The monoisotopic (exact) mass is 511 g/mol. The number of nitrogens with zero attached hydrogens (tertiary/aromatic N) is 2. The Morgan fingerprint density at radius 3 is 2.29 bits per heavy atom. The summed E-state index contributed by atoms with van der Waals surface area (Å²) >= 11 is 5.84. The molecule has 0 spiro atoms. The van der Waals surface area contributed by atoms with Crippen LogP contribution >= 0.6 is 11.6 Å². The van der Waals surface area contributed by atoms with Crippen LogP contribution < -0.4 is 9.62 Å². The molecule has 0 aromatic heterocycles. The molecule has 0 bridgehead atoms. The van der Waals surface area contributed by atoms with Gasteiger partial charge in [-0.2, -0.15) is 0 Å². The molecule has 0 saturated heterocycles. The SMILES string of the molecule is CCC(C(=O)NCC(C)C)N(Cc1ccccc1)C(=O)CN(c1ccc(F)c(Cl)c1)S(C)(=O)=O. The van der Waals surface area contributed by atoms with Crippen molar-refractivity contribution in [3.8, 4) is 0 Å². The molecule has 1 N–H and O–H groups in total. The number of halogens is 2. The molecule has 2 rings (SSSR count). The third kappa shape index (κ3) is 7.70. The van der Waals surface area contributed by atoms with E-state index in [-0.39, 0.29) is 29.1 Å². The molecular formula is C24H31ClFN3O4S. The van der Waals surface area contributed by atoms with Crippen molar-refractivity contribution in [3.05, 3.63) is 64.9 Å². The normalized spacial score (nSPS) is 12.3. The lowest BCUT2D eigenvalue weighted by atomic mass is 10.1. The average molecular weight is 512 g/mol. The summed E-state index contributed by atoms with van der Waals surface area (Å²) in [6.07, 6.45) is 1.29. The fraction of sp³-hybridized carbons (Fsp3) is 0.417. The number of hydrogen-bond acceptors (Lipinski definition) is 4. The van der Waals surface area contributed by atoms with Gasteiger partial charge in [0.05, 0.1) is 17.0 Å². The zero-order valence-corrected chi connectivity index (χ0v) is 21.4. The Balaban J connectivity index is 2.41. The molecule has 2 aromatic carbocycles. The quantitative estimate of drug-likeness (QED) is 0.497. The Bertz CT molecular complexity index is 1100. The second kappa shape index (κ2) is 12.2. The van der Waals surface area contributed by atoms with Gasteiger partial charge in [-0.05, 0) is 36.1 Å². The van der Waals surface area contributed by atoms with Crippen LogP contribution in [0.25, 0.3) is 0 Å². The maximum Gasteiger partial charge on any atom is 0.244 e. The van der Waals surface area contributed by atoms with Crippen molar-refractivity contribution in [1.82, 2.24) is 10.2 Å². The molecule has 1 atom stereocenters. The van der Waals surface area contributed by atoms with Gasteiger partial charge in [0.2, 0.25) is 21.8 Å². The van der Waals surface area contributed by atoms with Crippen LogP contribution in [0.1, 0.15) is 32.8 Å². The molecule has 186 valence electrons. The van der Waals surface area contributed by atoms with Crippen molar-refractivity contribution in [3.63, 3.8) is 0 Å². The standard InChI is InChI=1S/C24H31ClFN3O4S/c1-5-22(24(31)27-14-17(2)3)28(15-18-9-7-6-8-10-18)23(30)16-29(34(4,32)33)19-11-12-21(26)20(25)13-19/h6-13,17,22H,5,14-16H2,1-4H3,(H,27,31). The number of amides is 2. The van der Waals surface area contributed by atoms with Gasteiger partial charge in [0.15, 0.2) is 0 Å². The topological polar surface area (TPSA) is 86.8 Å². The molecule has 7 nitrogen and oxygen atoms in total. The molecule has 2 aromatic rings. The first kappa shape index (κ1) is 27.6. The van der Waals surface area contributed by atoms with Crippen LogP contribution in [0, 0.1) is 11.7 Å². The van der Waals surface area contributed by atoms with Gasteiger partial charge in [0.25, 0.3) is 0 Å². The van der Waals surface area contributed by atoms with Crippen LogP contribution in [0.3, 0.4) is 0 Å². The number of sulfonamides is 1. The maximum absolute atomic E-state index is 13.6. The average Bonchev–Trinajstić information content (AvgIpc) is 2.77. The fourth-order valence-electron chi connectivity index (χ4n) is 3.38. The van der Waals surface area contributed by atoms with Gasteiger partial charge in [-0.25, -0.2) is 12.8 Å². The Labute approximate surface area is 205 Å². The minimum absolute atomic E-state index is 0.0548. The van der Waals surface area contributed by atoms with Crippen LogP contribution in [0.5, 0.6) is 0 Å². The van der Waals surface area contributed by atoms with E-state index in [1.165, 1.54) is 11.0 Å². The molecule has 10 heteroatoms. The zero-order chi connectivity index (χ0) is 25.5. The van der Waals surface area contributed by atoms with E-state index in [2.05, 4.69) is 5.32 Å². The summed E-state index contributed by atoms with van der Waals surface area (Å²) in [6.45, 7) is 5.72. The number of anilines is 1. The minimum Gasteiger partial charge on any atom is -0.354 e. The number of hydrogen-bond donors (Lipinski definition) is 1. The summed E-state index contributed by atoms with van der Waals surface area (Å²) in [4.78, 5) is 27.8. The molecule has 0 heterocycles. The van der Waals surface area contributed by atoms with E-state index in [0.717, 1.165) is 28.3 Å². The Kier molecular flexibility index (Phi) is 9.88. The van der Waals surface area contributed by atoms with Crippen molar-refractivity contribution in [2.75, 3.05) is 23.7 Å². The summed E-state index contributed by atoms with van der Waals surface area (Å²) in [5.41, 5.74) is 0.848. The predicted octanol–water partition coefficient (Wildman–Crippen LogP) is 3.82. The van der Waals surface area contributed by atoms with Gasteiger partial charge in [-0.15, -0.1) is 0 Å². The smallest absolute Gasteiger partial charge is 0.244 e. The molecule has 0 saturated carbocycles. The molecule has 0 aliphatic rings. The lowest BCUT2D eigenvalue weighted by molar-refractivity contribution is -0.140. The second-order valence-electron chi connectivity index (χ2n) is 8.44. The Morgan fingerprint density at radius 1 is 1.12 bits per heavy atom. The van der Waals surface area contributed by atoms with Crippen molar-refractivity contribution >= 4 is 39.1 Å². The number of carbonyl (C=O) groups excluding carboxylic acids is 2. The van der Waals surface area contributed by atoms with E-state index in [1.807, 2.05) is 44.2 Å². The second-order valence-corrected chi connectivity index (χ2v) is 10.8. The molecule has 34 heavy (non-hydrogen) atoms. The third-order valence-electron chi connectivity index (χ3n) is 5.14. The summed E-state index contributed by atoms with van der Waals surface area (Å²) in [6, 6.07) is 11.8. The Morgan fingerprint density at radius 2 is 1.76 bits per heavy atom. The fourth-order valence-corrected chi connectivity index (χ4v) is 4.39. The number of nitrogens with one attached hydrogen (secondary N) is 1. The van der Waals surface area contributed by atoms with Crippen LogP contribution in [0.2, 0.25) is 5.02 Å². The van der Waals surface area contributed by atoms with E-state index in [4.69, 9.17) is 11.6 Å². The highest BCUT2D eigenvalue weighted by Crippen LogP contribution is 2.25. The highest BCUT2D eigenvalue weighted by Gasteiger charge is 2.31. The van der Waals surface area contributed by atoms with Gasteiger partial charge in [0, 0.05) is 13.1 Å². The van der Waals surface area contributed by atoms with Crippen molar-refractivity contribution < 1.29 is 22.4 Å². The molecule has 2 amide bonds. The lowest BCUT2D eigenvalue weighted by Gasteiger charge is -2.33. The first-order chi connectivity index (χ1) is 15.9. The van der Waals surface area contributed by atoms with E-state index in [0.29, 0.717) is 13.0 Å². The van der Waals surface area contributed by atoms with E-state index in [1.54, 1.807) is 6.92 Å². The maximum atomic E-state index is 13.6. The number of carbonyl (C=O) groups is 2. The van der Waals surface area contributed by atoms with Gasteiger partial charge >= 0.3 is 0 Å². The molecule has 0 aliphatic heterocycles. The number of rotatable bonds is 11. The summed E-state index contributed by atoms with van der Waals surface area (Å²) < 4.78 is 39.6. The first-order valence-electron chi connectivity index (χ1n) is 11.0. The van der Waals surface area contributed by atoms with E-state index in [9.17, 15) is 22.4 Å². The highest BCUT2D eigenvalue weighted by atomic mass is 35.5. The lowest BCUT2D eigenvalue weighted by Crippen LogP contribution is -2.52. The zero-order valence-electron chi connectivity index (χ0n) is 19.8. The molecule has 0 radical (unpaired) electrons. The van der Waals surface area contributed by atoms with Crippen molar-refractivity contribution in [1.29, 1.82) is 0 Å². The van der Waals surface area contributed by atoms with Crippen molar-refractivity contribution in [2.24, 2.45) is 5.92 Å². The van der Waals surface area contributed by atoms with E-state index < -0.39 is 34.3 Å². The molecule has 0 fully saturated rings. The predicted molar refractivity (Wildman–Crippen MR) is 133 cm³/mol.